The van der Waals surface area contributed by atoms with Crippen molar-refractivity contribution < 1.29 is 14.3 Å². The Labute approximate surface area is 189 Å². The average Bonchev–Trinajstić information content (AvgIpc) is 3.44. The van der Waals surface area contributed by atoms with E-state index in [4.69, 9.17) is 4.74 Å². The lowest BCUT2D eigenvalue weighted by molar-refractivity contribution is 0.0698. The van der Waals surface area contributed by atoms with Crippen LogP contribution >= 0.6 is 22.7 Å². The van der Waals surface area contributed by atoms with Crippen LogP contribution in [0.4, 0.5) is 0 Å². The molecule has 0 radical (unpaired) electrons. The van der Waals surface area contributed by atoms with Crippen LogP contribution in [0.15, 0.2) is 41.8 Å². The predicted octanol–water partition coefficient (Wildman–Crippen LogP) is 4.61. The number of piperidine rings is 1. The summed E-state index contributed by atoms with van der Waals surface area (Å²) in [5, 5.41) is 6.03. The summed E-state index contributed by atoms with van der Waals surface area (Å²) in [5.41, 5.74) is 1.42. The number of nitrogens with zero attached hydrogens (tertiary/aromatic N) is 2. The van der Waals surface area contributed by atoms with Crippen LogP contribution in [0.25, 0.3) is 9.88 Å². The summed E-state index contributed by atoms with van der Waals surface area (Å²) < 4.78 is 5.44. The summed E-state index contributed by atoms with van der Waals surface area (Å²) in [6.45, 7) is 5.66. The van der Waals surface area contributed by atoms with E-state index in [2.05, 4.69) is 10.3 Å². The number of carbonyl (C=O) groups is 2. The van der Waals surface area contributed by atoms with E-state index in [0.29, 0.717) is 30.1 Å². The second-order valence-corrected chi connectivity index (χ2v) is 9.35. The number of hydrogen-bond donors (Lipinski definition) is 1. The van der Waals surface area contributed by atoms with E-state index < -0.39 is 0 Å². The molecule has 0 atom stereocenters. The minimum Gasteiger partial charge on any atom is -0.494 e. The van der Waals surface area contributed by atoms with Gasteiger partial charge in [0.05, 0.1) is 17.2 Å². The van der Waals surface area contributed by atoms with Crippen molar-refractivity contribution in [3.63, 3.8) is 0 Å². The normalized spacial score (nSPS) is 14.5. The smallest absolute Gasteiger partial charge is 0.263 e. The summed E-state index contributed by atoms with van der Waals surface area (Å²) in [6, 6.07) is 11.3. The SMILES string of the molecule is CCOc1ccc(C(=O)N2CCC(NC(=O)c3sc(-c4cccs4)nc3C)CC2)cc1. The van der Waals surface area contributed by atoms with Crippen LogP contribution in [0, 0.1) is 6.92 Å². The monoisotopic (exact) mass is 455 g/mol. The second kappa shape index (κ2) is 9.62. The Balaban J connectivity index is 1.32. The number of benzene rings is 1. The molecule has 1 aliphatic rings. The van der Waals surface area contributed by atoms with E-state index in [1.807, 2.05) is 48.4 Å². The Kier molecular flexibility index (Phi) is 6.67. The van der Waals surface area contributed by atoms with Gasteiger partial charge in [0.15, 0.2) is 0 Å². The van der Waals surface area contributed by atoms with Crippen LogP contribution in [-0.4, -0.2) is 47.4 Å². The molecule has 4 rings (SSSR count). The number of thiazole rings is 1. The fourth-order valence-electron chi connectivity index (χ4n) is 3.63. The summed E-state index contributed by atoms with van der Waals surface area (Å²) >= 11 is 3.06. The first kappa shape index (κ1) is 21.5. The summed E-state index contributed by atoms with van der Waals surface area (Å²) in [4.78, 5) is 33.7. The first-order chi connectivity index (χ1) is 15.0. The first-order valence-electron chi connectivity index (χ1n) is 10.4. The molecule has 1 fully saturated rings. The number of aryl methyl sites for hydroxylation is 1. The van der Waals surface area contributed by atoms with Crippen LogP contribution < -0.4 is 10.1 Å². The van der Waals surface area contributed by atoms with Crippen LogP contribution in [0.5, 0.6) is 5.75 Å². The van der Waals surface area contributed by atoms with Gasteiger partial charge in [0, 0.05) is 24.7 Å². The molecular weight excluding hydrogens is 430 g/mol. The average molecular weight is 456 g/mol. The molecular formula is C23H25N3O3S2. The number of carbonyl (C=O) groups excluding carboxylic acids is 2. The van der Waals surface area contributed by atoms with Crippen molar-refractivity contribution in [3.05, 3.63) is 57.9 Å². The highest BCUT2D eigenvalue weighted by molar-refractivity contribution is 7.22. The first-order valence-corrected chi connectivity index (χ1v) is 12.1. The molecule has 6 nitrogen and oxygen atoms in total. The fraction of sp³-hybridized carbons (Fsp3) is 0.348. The van der Waals surface area contributed by atoms with Gasteiger partial charge in [-0.2, -0.15) is 0 Å². The Morgan fingerprint density at radius 3 is 2.58 bits per heavy atom. The third kappa shape index (κ3) is 4.97. The van der Waals surface area contributed by atoms with Crippen molar-refractivity contribution >= 4 is 34.5 Å². The summed E-state index contributed by atoms with van der Waals surface area (Å²) in [7, 11) is 0. The third-order valence-electron chi connectivity index (χ3n) is 5.26. The van der Waals surface area contributed by atoms with Crippen molar-refractivity contribution in [2.45, 2.75) is 32.7 Å². The Hall–Kier alpha value is -2.71. The molecule has 0 unspecified atom stereocenters. The van der Waals surface area contributed by atoms with Crippen molar-refractivity contribution in [2.75, 3.05) is 19.7 Å². The van der Waals surface area contributed by atoms with Crippen LogP contribution in [0.2, 0.25) is 0 Å². The molecule has 0 aliphatic carbocycles. The minimum atomic E-state index is -0.0749. The lowest BCUT2D eigenvalue weighted by atomic mass is 10.0. The van der Waals surface area contributed by atoms with Crippen molar-refractivity contribution in [2.24, 2.45) is 0 Å². The number of rotatable bonds is 6. The van der Waals surface area contributed by atoms with Gasteiger partial charge in [-0.15, -0.1) is 22.7 Å². The molecule has 1 N–H and O–H groups in total. The zero-order chi connectivity index (χ0) is 21.8. The molecule has 1 aromatic carbocycles. The molecule has 1 saturated heterocycles. The molecule has 2 amide bonds. The number of aromatic nitrogens is 1. The topological polar surface area (TPSA) is 71.5 Å². The number of likely N-dealkylation sites (tertiary alicyclic amines) is 1. The van der Waals surface area contributed by atoms with E-state index in [-0.39, 0.29) is 17.9 Å². The number of nitrogens with one attached hydrogen (secondary N) is 1. The van der Waals surface area contributed by atoms with E-state index >= 15 is 0 Å². The Morgan fingerprint density at radius 1 is 1.19 bits per heavy atom. The molecule has 8 heteroatoms. The van der Waals surface area contributed by atoms with Gasteiger partial charge in [-0.3, -0.25) is 9.59 Å². The maximum atomic E-state index is 12.8. The molecule has 31 heavy (non-hydrogen) atoms. The molecule has 162 valence electrons. The maximum absolute atomic E-state index is 12.8. The molecule has 1 aliphatic heterocycles. The van der Waals surface area contributed by atoms with E-state index in [9.17, 15) is 9.59 Å². The van der Waals surface area contributed by atoms with E-state index in [1.165, 1.54) is 11.3 Å². The lowest BCUT2D eigenvalue weighted by Gasteiger charge is -2.32. The van der Waals surface area contributed by atoms with Gasteiger partial charge >= 0.3 is 0 Å². The van der Waals surface area contributed by atoms with Gasteiger partial charge in [-0.25, -0.2) is 4.98 Å². The summed E-state index contributed by atoms with van der Waals surface area (Å²) in [6.07, 6.45) is 1.48. The molecule has 3 heterocycles. The highest BCUT2D eigenvalue weighted by Gasteiger charge is 2.26. The van der Waals surface area contributed by atoms with Gasteiger partial charge < -0.3 is 15.0 Å². The number of ether oxygens (including phenoxy) is 1. The van der Waals surface area contributed by atoms with Gasteiger partial charge in [0.1, 0.15) is 15.6 Å². The number of amides is 2. The van der Waals surface area contributed by atoms with Crippen LogP contribution in [0.1, 0.15) is 45.5 Å². The number of thiophene rings is 1. The molecule has 0 bridgehead atoms. The standard InChI is InChI=1S/C23H25N3O3S2/c1-3-29-18-8-6-16(7-9-18)23(28)26-12-10-17(11-13-26)25-21(27)20-15(2)24-22(31-20)19-5-4-14-30-19/h4-9,14,17H,3,10-13H2,1-2H3,(H,25,27). The largest absolute Gasteiger partial charge is 0.494 e. The molecule has 0 saturated carbocycles. The van der Waals surface area contributed by atoms with Crippen molar-refractivity contribution in [1.29, 1.82) is 0 Å². The quantitative estimate of drug-likeness (QED) is 0.589. The third-order valence-corrected chi connectivity index (χ3v) is 7.46. The zero-order valence-electron chi connectivity index (χ0n) is 17.6. The molecule has 2 aromatic heterocycles. The van der Waals surface area contributed by atoms with Crippen molar-refractivity contribution in [1.82, 2.24) is 15.2 Å². The Bertz CT molecular complexity index is 1040. The highest BCUT2D eigenvalue weighted by Crippen LogP contribution is 2.31. The fourth-order valence-corrected chi connectivity index (χ4v) is 5.40. The van der Waals surface area contributed by atoms with E-state index in [1.54, 1.807) is 23.5 Å². The van der Waals surface area contributed by atoms with Crippen molar-refractivity contribution in [3.8, 4) is 15.6 Å². The van der Waals surface area contributed by atoms with Gasteiger partial charge in [-0.1, -0.05) is 6.07 Å². The Morgan fingerprint density at radius 2 is 1.94 bits per heavy atom. The lowest BCUT2D eigenvalue weighted by Crippen LogP contribution is -2.46. The van der Waals surface area contributed by atoms with Crippen LogP contribution in [-0.2, 0) is 0 Å². The highest BCUT2D eigenvalue weighted by atomic mass is 32.1. The van der Waals surface area contributed by atoms with E-state index in [0.717, 1.165) is 34.2 Å². The van der Waals surface area contributed by atoms with Gasteiger partial charge in [-0.05, 0) is 62.4 Å². The molecule has 0 spiro atoms. The molecule has 3 aromatic rings. The van der Waals surface area contributed by atoms with Crippen LogP contribution in [0.3, 0.4) is 0 Å². The maximum Gasteiger partial charge on any atom is 0.263 e. The van der Waals surface area contributed by atoms with Gasteiger partial charge in [0.2, 0.25) is 0 Å². The second-order valence-electron chi connectivity index (χ2n) is 7.41. The minimum absolute atomic E-state index is 0.0201. The van der Waals surface area contributed by atoms with Gasteiger partial charge in [0.25, 0.3) is 11.8 Å². The zero-order valence-corrected chi connectivity index (χ0v) is 19.2. The summed E-state index contributed by atoms with van der Waals surface area (Å²) in [5.74, 6) is 0.710. The predicted molar refractivity (Wildman–Crippen MR) is 124 cm³/mol. The number of hydrogen-bond acceptors (Lipinski definition) is 6.